The van der Waals surface area contributed by atoms with Crippen molar-refractivity contribution in [1.82, 2.24) is 10.2 Å². The van der Waals surface area contributed by atoms with Gasteiger partial charge in [-0.3, -0.25) is 4.79 Å². The summed E-state index contributed by atoms with van der Waals surface area (Å²) in [6.45, 7) is 0.429. The molecule has 0 bridgehead atoms. The summed E-state index contributed by atoms with van der Waals surface area (Å²) in [5, 5.41) is 20.6. The molecule has 114 valence electrons. The van der Waals surface area contributed by atoms with Crippen molar-refractivity contribution < 1.29 is 24.6 Å². The average Bonchev–Trinajstić information content (AvgIpc) is 2.86. The van der Waals surface area contributed by atoms with E-state index in [1.807, 2.05) is 0 Å². The van der Waals surface area contributed by atoms with Gasteiger partial charge in [-0.2, -0.15) is 0 Å². The predicted molar refractivity (Wildman–Crippen MR) is 69.8 cm³/mol. The number of aliphatic carboxylic acids is 1. The number of nitrogens with one attached hydrogen (secondary N) is 1. The Kier molecular flexibility index (Phi) is 5.32. The summed E-state index contributed by atoms with van der Waals surface area (Å²) in [6, 6.07) is -0.658. The van der Waals surface area contributed by atoms with Crippen LogP contribution in [0.3, 0.4) is 0 Å². The summed E-state index contributed by atoms with van der Waals surface area (Å²) in [5.74, 6) is -2.06. The van der Waals surface area contributed by atoms with Gasteiger partial charge in [-0.15, -0.1) is 0 Å². The van der Waals surface area contributed by atoms with Crippen LogP contribution >= 0.6 is 0 Å². The molecule has 5 N–H and O–H groups in total. The number of urea groups is 1. The summed E-state index contributed by atoms with van der Waals surface area (Å²) in [7, 11) is 0. The standard InChI is InChI=1S/C12H21N3O5/c1-12(20,10(17)18)7-14-11(19)15(6-9(13)16)8-4-2-3-5-8/h8,20H,2-7H2,1H3,(H2,13,16)(H,14,19)(H,17,18). The van der Waals surface area contributed by atoms with Crippen molar-refractivity contribution in [2.75, 3.05) is 13.1 Å². The van der Waals surface area contributed by atoms with Crippen molar-refractivity contribution >= 4 is 17.9 Å². The fourth-order valence-corrected chi connectivity index (χ4v) is 2.18. The minimum atomic E-state index is -2.05. The van der Waals surface area contributed by atoms with E-state index in [1.54, 1.807) is 0 Å². The zero-order valence-corrected chi connectivity index (χ0v) is 11.5. The van der Waals surface area contributed by atoms with Gasteiger partial charge in [0.15, 0.2) is 5.60 Å². The maximum Gasteiger partial charge on any atom is 0.337 e. The second-order valence-corrected chi connectivity index (χ2v) is 5.27. The van der Waals surface area contributed by atoms with Gasteiger partial charge in [-0.05, 0) is 19.8 Å². The van der Waals surface area contributed by atoms with E-state index in [-0.39, 0.29) is 12.6 Å². The van der Waals surface area contributed by atoms with Gasteiger partial charge in [0.1, 0.15) is 6.54 Å². The van der Waals surface area contributed by atoms with E-state index in [4.69, 9.17) is 10.8 Å². The number of hydrogen-bond donors (Lipinski definition) is 4. The Bertz CT molecular complexity index is 391. The number of aliphatic hydroxyl groups is 1. The van der Waals surface area contributed by atoms with Crippen molar-refractivity contribution in [2.24, 2.45) is 5.73 Å². The third-order valence-corrected chi connectivity index (χ3v) is 3.40. The summed E-state index contributed by atoms with van der Waals surface area (Å²) >= 11 is 0. The SMILES string of the molecule is CC(O)(CNC(=O)N(CC(N)=O)C1CCCC1)C(=O)O. The van der Waals surface area contributed by atoms with Crippen LogP contribution in [-0.2, 0) is 9.59 Å². The highest BCUT2D eigenvalue weighted by Crippen LogP contribution is 2.23. The van der Waals surface area contributed by atoms with Crippen LogP contribution in [0.5, 0.6) is 0 Å². The van der Waals surface area contributed by atoms with Gasteiger partial charge in [0.2, 0.25) is 5.91 Å². The molecule has 20 heavy (non-hydrogen) atoms. The predicted octanol–water partition coefficient (Wildman–Crippen LogP) is -0.738. The minimum absolute atomic E-state index is 0.0720. The molecule has 0 aromatic carbocycles. The second-order valence-electron chi connectivity index (χ2n) is 5.27. The lowest BCUT2D eigenvalue weighted by Crippen LogP contribution is -2.53. The molecule has 1 rings (SSSR count). The molecular weight excluding hydrogens is 266 g/mol. The van der Waals surface area contributed by atoms with Gasteiger partial charge in [0, 0.05) is 6.04 Å². The molecule has 1 aliphatic carbocycles. The van der Waals surface area contributed by atoms with Gasteiger partial charge in [-0.25, -0.2) is 9.59 Å². The molecule has 0 saturated heterocycles. The topological polar surface area (TPSA) is 133 Å². The fraction of sp³-hybridized carbons (Fsp3) is 0.750. The maximum absolute atomic E-state index is 12.0. The molecule has 3 amide bonds. The highest BCUT2D eigenvalue weighted by atomic mass is 16.4. The Morgan fingerprint density at radius 3 is 2.35 bits per heavy atom. The molecule has 0 radical (unpaired) electrons. The molecule has 0 spiro atoms. The number of carboxylic acid groups (broad SMARTS) is 1. The number of carbonyl (C=O) groups excluding carboxylic acids is 2. The van der Waals surface area contributed by atoms with Crippen molar-refractivity contribution in [3.8, 4) is 0 Å². The summed E-state index contributed by atoms with van der Waals surface area (Å²) in [5.41, 5.74) is 3.07. The molecule has 1 saturated carbocycles. The van der Waals surface area contributed by atoms with Crippen molar-refractivity contribution in [3.63, 3.8) is 0 Å². The van der Waals surface area contributed by atoms with Gasteiger partial charge in [0.05, 0.1) is 6.54 Å². The number of nitrogens with two attached hydrogens (primary N) is 1. The summed E-state index contributed by atoms with van der Waals surface area (Å²) in [4.78, 5) is 35.1. The van der Waals surface area contributed by atoms with Crippen LogP contribution in [0.2, 0.25) is 0 Å². The molecule has 1 fully saturated rings. The highest BCUT2D eigenvalue weighted by molar-refractivity contribution is 5.84. The lowest BCUT2D eigenvalue weighted by atomic mass is 10.1. The molecule has 1 unspecified atom stereocenters. The van der Waals surface area contributed by atoms with Gasteiger partial charge in [0.25, 0.3) is 0 Å². The monoisotopic (exact) mass is 287 g/mol. The normalized spacial score (nSPS) is 18.3. The maximum atomic E-state index is 12.0. The molecule has 8 nitrogen and oxygen atoms in total. The Labute approximate surface area is 116 Å². The number of amides is 3. The van der Waals surface area contributed by atoms with Gasteiger partial charge < -0.3 is 26.2 Å². The molecule has 8 heteroatoms. The average molecular weight is 287 g/mol. The third kappa shape index (κ3) is 4.37. The van der Waals surface area contributed by atoms with Crippen LogP contribution < -0.4 is 11.1 Å². The smallest absolute Gasteiger partial charge is 0.337 e. The van der Waals surface area contributed by atoms with Crippen molar-refractivity contribution in [1.29, 1.82) is 0 Å². The highest BCUT2D eigenvalue weighted by Gasteiger charge is 2.33. The Morgan fingerprint density at radius 1 is 1.35 bits per heavy atom. The molecular formula is C12H21N3O5. The lowest BCUT2D eigenvalue weighted by Gasteiger charge is -2.29. The minimum Gasteiger partial charge on any atom is -0.479 e. The fourth-order valence-electron chi connectivity index (χ4n) is 2.18. The third-order valence-electron chi connectivity index (χ3n) is 3.40. The zero-order valence-electron chi connectivity index (χ0n) is 11.5. The summed E-state index contributed by atoms with van der Waals surface area (Å²) < 4.78 is 0. The molecule has 0 aliphatic heterocycles. The first-order valence-corrected chi connectivity index (χ1v) is 6.52. The zero-order chi connectivity index (χ0) is 15.3. The van der Waals surface area contributed by atoms with Crippen LogP contribution in [0.15, 0.2) is 0 Å². The second kappa shape index (κ2) is 6.56. The number of rotatable bonds is 6. The Balaban J connectivity index is 2.63. The van der Waals surface area contributed by atoms with E-state index in [1.165, 1.54) is 4.90 Å². The van der Waals surface area contributed by atoms with Crippen molar-refractivity contribution in [2.45, 2.75) is 44.2 Å². The van der Waals surface area contributed by atoms with E-state index in [0.29, 0.717) is 0 Å². The first kappa shape index (κ1) is 16.2. The quantitative estimate of drug-likeness (QED) is 0.510. The van der Waals surface area contributed by atoms with Crippen LogP contribution in [0.25, 0.3) is 0 Å². The van der Waals surface area contributed by atoms with Crippen LogP contribution in [0.1, 0.15) is 32.6 Å². The summed E-state index contributed by atoms with van der Waals surface area (Å²) in [6.07, 6.45) is 3.52. The largest absolute Gasteiger partial charge is 0.479 e. The van der Waals surface area contributed by atoms with Crippen molar-refractivity contribution in [3.05, 3.63) is 0 Å². The number of primary amides is 1. The Hall–Kier alpha value is -1.83. The molecule has 0 aromatic heterocycles. The lowest BCUT2D eigenvalue weighted by molar-refractivity contribution is -0.155. The van der Waals surface area contributed by atoms with E-state index >= 15 is 0 Å². The number of hydrogen-bond acceptors (Lipinski definition) is 4. The Morgan fingerprint density at radius 2 is 1.90 bits per heavy atom. The van der Waals surface area contributed by atoms with Crippen LogP contribution in [0.4, 0.5) is 4.79 Å². The first-order valence-electron chi connectivity index (χ1n) is 6.52. The van der Waals surface area contributed by atoms with E-state index in [0.717, 1.165) is 32.6 Å². The number of nitrogens with zero attached hydrogens (tertiary/aromatic N) is 1. The number of carbonyl (C=O) groups is 3. The number of carboxylic acids is 1. The van der Waals surface area contributed by atoms with E-state index in [9.17, 15) is 19.5 Å². The first-order chi connectivity index (χ1) is 9.24. The van der Waals surface area contributed by atoms with E-state index < -0.39 is 30.1 Å². The molecule has 1 atom stereocenters. The molecule has 0 aromatic rings. The van der Waals surface area contributed by atoms with Gasteiger partial charge in [-0.1, -0.05) is 12.8 Å². The van der Waals surface area contributed by atoms with Gasteiger partial charge >= 0.3 is 12.0 Å². The van der Waals surface area contributed by atoms with Crippen LogP contribution in [0, 0.1) is 0 Å². The van der Waals surface area contributed by atoms with Crippen LogP contribution in [-0.4, -0.2) is 57.8 Å². The molecule has 1 aliphatic rings. The molecule has 0 heterocycles. The van der Waals surface area contributed by atoms with E-state index in [2.05, 4.69) is 5.32 Å².